The van der Waals surface area contributed by atoms with Crippen LogP contribution >= 0.6 is 0 Å². The lowest BCUT2D eigenvalue weighted by Crippen LogP contribution is -2.69. The molecular formula is C31H35N5O2. The molecule has 3 amide bonds. The average Bonchev–Trinajstić information content (AvgIpc) is 3.04. The molecule has 2 N–H and O–H groups in total. The number of urea groups is 1. The number of carbonyl (C=O) groups excluding carboxylic acids is 2. The number of fused-ring (bicyclic) bond motifs is 1. The van der Waals surface area contributed by atoms with Crippen LogP contribution in [0.25, 0.3) is 0 Å². The largest absolute Gasteiger partial charge is 0.322 e. The minimum absolute atomic E-state index is 0.0824. The van der Waals surface area contributed by atoms with Crippen molar-refractivity contribution in [2.45, 2.75) is 57.4 Å². The topological polar surface area (TPSA) is 77.0 Å². The monoisotopic (exact) mass is 509 g/mol. The fraction of sp³-hybridized carbons (Fsp3) is 0.323. The van der Waals surface area contributed by atoms with Crippen molar-refractivity contribution in [1.29, 1.82) is 0 Å². The van der Waals surface area contributed by atoms with E-state index in [-0.39, 0.29) is 11.9 Å². The molecule has 38 heavy (non-hydrogen) atoms. The molecule has 1 fully saturated rings. The highest BCUT2D eigenvalue weighted by Gasteiger charge is 2.51. The van der Waals surface area contributed by atoms with E-state index in [0.29, 0.717) is 12.2 Å². The second kappa shape index (κ2) is 11.2. The Labute approximate surface area is 224 Å². The third kappa shape index (κ3) is 5.34. The van der Waals surface area contributed by atoms with Crippen molar-refractivity contribution >= 4 is 29.5 Å². The Balaban J connectivity index is 1.59. The minimum atomic E-state index is -1.63. The first kappa shape index (κ1) is 25.7. The van der Waals surface area contributed by atoms with Gasteiger partial charge < -0.3 is 10.2 Å². The number of para-hydroxylation sites is 1. The van der Waals surface area contributed by atoms with Gasteiger partial charge in [0.15, 0.2) is 0 Å². The van der Waals surface area contributed by atoms with Gasteiger partial charge in [-0.15, -0.1) is 0 Å². The van der Waals surface area contributed by atoms with Gasteiger partial charge in [0.05, 0.1) is 5.69 Å². The fourth-order valence-corrected chi connectivity index (χ4v) is 5.54. The Morgan fingerprint density at radius 1 is 1.00 bits per heavy atom. The van der Waals surface area contributed by atoms with Crippen molar-refractivity contribution in [3.05, 3.63) is 95.6 Å². The van der Waals surface area contributed by atoms with E-state index in [4.69, 9.17) is 4.99 Å². The summed E-state index contributed by atoms with van der Waals surface area (Å²) in [6.45, 7) is 2.45. The quantitative estimate of drug-likeness (QED) is 0.419. The van der Waals surface area contributed by atoms with E-state index in [1.807, 2.05) is 73.7 Å². The molecule has 3 aromatic rings. The number of nitrogens with zero attached hydrogens (tertiary/aromatic N) is 3. The molecule has 1 aliphatic carbocycles. The highest BCUT2D eigenvalue weighted by atomic mass is 16.2. The number of aliphatic imine (C=N–C) groups is 1. The third-order valence-electron chi connectivity index (χ3n) is 7.48. The van der Waals surface area contributed by atoms with Gasteiger partial charge in [-0.05, 0) is 49.1 Å². The molecule has 0 bridgehead atoms. The van der Waals surface area contributed by atoms with Gasteiger partial charge in [-0.2, -0.15) is 0 Å². The van der Waals surface area contributed by atoms with E-state index in [9.17, 15) is 9.59 Å². The summed E-state index contributed by atoms with van der Waals surface area (Å²) in [5, 5.41) is 5.99. The first-order valence-electron chi connectivity index (χ1n) is 13.4. The van der Waals surface area contributed by atoms with Gasteiger partial charge in [0, 0.05) is 37.1 Å². The minimum Gasteiger partial charge on any atom is -0.310 e. The first-order chi connectivity index (χ1) is 18.5. The lowest BCUT2D eigenvalue weighted by Gasteiger charge is -2.46. The van der Waals surface area contributed by atoms with E-state index < -0.39 is 11.8 Å². The summed E-state index contributed by atoms with van der Waals surface area (Å²) in [7, 11) is 1.76. The zero-order valence-electron chi connectivity index (χ0n) is 22.1. The summed E-state index contributed by atoms with van der Waals surface area (Å²) in [5.74, 6) is -1.92. The van der Waals surface area contributed by atoms with Gasteiger partial charge in [-0.1, -0.05) is 79.9 Å². The van der Waals surface area contributed by atoms with Crippen LogP contribution in [0.4, 0.5) is 16.2 Å². The molecular weight excluding hydrogens is 474 g/mol. The SMILES string of the molecule is Cc1cccc(NC(=O)NC2(N(Cc3ccccc3)C3CCCCC3)N=Cc3ccccc3N(C)C2=O)c1. The third-order valence-corrected chi connectivity index (χ3v) is 7.48. The normalized spacial score (nSPS) is 19.7. The summed E-state index contributed by atoms with van der Waals surface area (Å²) < 4.78 is 0. The van der Waals surface area contributed by atoms with E-state index in [2.05, 4.69) is 27.7 Å². The summed E-state index contributed by atoms with van der Waals surface area (Å²) in [6.07, 6.45) is 6.94. The van der Waals surface area contributed by atoms with Crippen molar-refractivity contribution < 1.29 is 9.59 Å². The van der Waals surface area contributed by atoms with Gasteiger partial charge in [-0.3, -0.25) is 10.1 Å². The molecule has 0 saturated heterocycles. The zero-order chi connectivity index (χ0) is 26.5. The molecule has 0 radical (unpaired) electrons. The van der Waals surface area contributed by atoms with Crippen LogP contribution in [0.3, 0.4) is 0 Å². The van der Waals surface area contributed by atoms with Gasteiger partial charge in [0.25, 0.3) is 11.7 Å². The van der Waals surface area contributed by atoms with Crippen LogP contribution in [0, 0.1) is 6.92 Å². The summed E-state index contributed by atoms with van der Waals surface area (Å²) in [6, 6.07) is 25.0. The fourth-order valence-electron chi connectivity index (χ4n) is 5.54. The maximum atomic E-state index is 14.5. The Kier molecular flexibility index (Phi) is 7.56. The smallest absolute Gasteiger partial charge is 0.310 e. The van der Waals surface area contributed by atoms with Crippen molar-refractivity contribution in [3.8, 4) is 0 Å². The van der Waals surface area contributed by atoms with E-state index in [0.717, 1.165) is 48.1 Å². The number of nitrogens with one attached hydrogen (secondary N) is 2. The van der Waals surface area contributed by atoms with Crippen LogP contribution in [-0.4, -0.2) is 41.9 Å². The van der Waals surface area contributed by atoms with Gasteiger partial charge in [-0.25, -0.2) is 14.7 Å². The average molecular weight is 510 g/mol. The van der Waals surface area contributed by atoms with Crippen LogP contribution < -0.4 is 15.5 Å². The molecule has 1 atom stereocenters. The predicted molar refractivity (Wildman–Crippen MR) is 152 cm³/mol. The Bertz CT molecular complexity index is 1320. The van der Waals surface area contributed by atoms with Crippen molar-refractivity contribution in [1.82, 2.24) is 10.2 Å². The first-order valence-corrected chi connectivity index (χ1v) is 13.4. The predicted octanol–water partition coefficient (Wildman–Crippen LogP) is 5.70. The molecule has 2 aliphatic rings. The Morgan fingerprint density at radius 2 is 1.74 bits per heavy atom. The van der Waals surface area contributed by atoms with Crippen molar-refractivity contribution in [3.63, 3.8) is 0 Å². The molecule has 196 valence electrons. The highest BCUT2D eigenvalue weighted by molar-refractivity contribution is 6.08. The zero-order valence-corrected chi connectivity index (χ0v) is 22.1. The van der Waals surface area contributed by atoms with Gasteiger partial charge >= 0.3 is 6.03 Å². The van der Waals surface area contributed by atoms with Crippen LogP contribution in [0.5, 0.6) is 0 Å². The molecule has 1 aliphatic heterocycles. The number of aryl methyl sites for hydroxylation is 1. The lowest BCUT2D eigenvalue weighted by atomic mass is 9.92. The number of likely N-dealkylation sites (N-methyl/N-ethyl adjacent to an activating group) is 1. The highest BCUT2D eigenvalue weighted by Crippen LogP contribution is 2.34. The number of anilines is 2. The summed E-state index contributed by atoms with van der Waals surface area (Å²) in [4.78, 5) is 36.7. The van der Waals surface area contributed by atoms with Crippen molar-refractivity contribution in [2.24, 2.45) is 4.99 Å². The second-order valence-electron chi connectivity index (χ2n) is 10.2. The van der Waals surface area contributed by atoms with Crippen molar-refractivity contribution in [2.75, 3.05) is 17.3 Å². The molecule has 5 rings (SSSR count). The van der Waals surface area contributed by atoms with E-state index in [1.165, 1.54) is 6.42 Å². The summed E-state index contributed by atoms with van der Waals surface area (Å²) in [5.41, 5.74) is 4.34. The number of benzene rings is 3. The number of amides is 3. The lowest BCUT2D eigenvalue weighted by molar-refractivity contribution is -0.135. The number of hydrogen-bond donors (Lipinski definition) is 2. The number of rotatable bonds is 6. The molecule has 7 heteroatoms. The molecule has 1 saturated carbocycles. The second-order valence-corrected chi connectivity index (χ2v) is 10.2. The molecule has 3 aromatic carbocycles. The van der Waals surface area contributed by atoms with E-state index >= 15 is 0 Å². The molecule has 1 heterocycles. The number of hydrogen-bond acceptors (Lipinski definition) is 4. The van der Waals surface area contributed by atoms with Crippen LogP contribution in [-0.2, 0) is 11.3 Å². The standard InChI is InChI=1S/C31H35N5O2/c1-23-12-11-16-26(20-23)33-30(38)34-31(29(37)35(2)28-19-10-9-15-25(28)21-32-31)36(27-17-7-4-8-18-27)22-24-13-5-3-6-14-24/h3,5-6,9-16,19-21,27H,4,7-8,17-18,22H2,1-2H3,(H2,33,34,38). The summed E-state index contributed by atoms with van der Waals surface area (Å²) >= 11 is 0. The molecule has 0 spiro atoms. The molecule has 7 nitrogen and oxygen atoms in total. The molecule has 1 unspecified atom stereocenters. The Morgan fingerprint density at radius 3 is 2.50 bits per heavy atom. The van der Waals surface area contributed by atoms with Crippen LogP contribution in [0.1, 0.15) is 48.8 Å². The number of benzodiazepines with no additional fused rings is 1. The van der Waals surface area contributed by atoms with Crippen LogP contribution in [0.15, 0.2) is 83.9 Å². The molecule has 0 aromatic heterocycles. The maximum absolute atomic E-state index is 14.5. The number of carbonyl (C=O) groups is 2. The van der Waals surface area contributed by atoms with Crippen LogP contribution in [0.2, 0.25) is 0 Å². The van der Waals surface area contributed by atoms with E-state index in [1.54, 1.807) is 18.2 Å². The van der Waals surface area contributed by atoms with Gasteiger partial charge in [0.2, 0.25) is 0 Å². The maximum Gasteiger partial charge on any atom is 0.322 e. The van der Waals surface area contributed by atoms with Gasteiger partial charge in [0.1, 0.15) is 0 Å². The Hall–Kier alpha value is -3.97.